The second kappa shape index (κ2) is 8.95. The van der Waals surface area contributed by atoms with E-state index in [9.17, 15) is 0 Å². The van der Waals surface area contributed by atoms with Gasteiger partial charge in [-0.05, 0) is 90.0 Å². The fraction of sp³-hybridized carbons (Fsp3) is 0. The Balaban J connectivity index is 1.19. The van der Waals surface area contributed by atoms with Gasteiger partial charge >= 0.3 is 0 Å². The van der Waals surface area contributed by atoms with Crippen LogP contribution in [0.4, 0.5) is 0 Å². The molecule has 0 fully saturated rings. The first kappa shape index (κ1) is 23.1. The molecule has 1 aliphatic heterocycles. The van der Waals surface area contributed by atoms with Crippen LogP contribution >= 0.6 is 0 Å². The molecular formula is C40H24O2. The molecule has 0 saturated carbocycles. The molecule has 196 valence electrons. The Morgan fingerprint density at radius 1 is 0.310 bits per heavy atom. The lowest BCUT2D eigenvalue weighted by molar-refractivity contribution is 0.360. The third-order valence-electron chi connectivity index (χ3n) is 8.51. The first-order valence-electron chi connectivity index (χ1n) is 14.3. The van der Waals surface area contributed by atoms with Crippen LogP contribution in [-0.2, 0) is 0 Å². The zero-order valence-corrected chi connectivity index (χ0v) is 22.7. The summed E-state index contributed by atoms with van der Waals surface area (Å²) >= 11 is 0. The van der Waals surface area contributed by atoms with Crippen molar-refractivity contribution in [2.24, 2.45) is 0 Å². The summed E-state index contributed by atoms with van der Waals surface area (Å²) in [7, 11) is 0. The first-order chi connectivity index (χ1) is 20.8. The highest BCUT2D eigenvalue weighted by Crippen LogP contribution is 2.48. The minimum absolute atomic E-state index is 0.734. The minimum atomic E-state index is 0.734. The van der Waals surface area contributed by atoms with E-state index in [0.29, 0.717) is 0 Å². The van der Waals surface area contributed by atoms with E-state index >= 15 is 0 Å². The lowest BCUT2D eigenvalue weighted by Crippen LogP contribution is -1.98. The molecule has 0 unspecified atom stereocenters. The Morgan fingerprint density at radius 3 is 1.45 bits per heavy atom. The van der Waals surface area contributed by atoms with Crippen LogP contribution in [0.15, 0.2) is 146 Å². The van der Waals surface area contributed by atoms with Gasteiger partial charge in [0.05, 0.1) is 0 Å². The highest BCUT2D eigenvalue weighted by Gasteiger charge is 2.20. The summed E-state index contributed by atoms with van der Waals surface area (Å²) in [5.74, 6) is 2.95. The van der Waals surface area contributed by atoms with Crippen molar-refractivity contribution in [2.45, 2.75) is 0 Å². The average molecular weight is 537 g/mol. The number of fused-ring (bicyclic) bond motifs is 2. The van der Waals surface area contributed by atoms with Crippen molar-refractivity contribution >= 4 is 32.3 Å². The maximum Gasteiger partial charge on any atom is 0.170 e. The van der Waals surface area contributed by atoms with Crippen molar-refractivity contribution in [1.29, 1.82) is 0 Å². The van der Waals surface area contributed by atoms with Gasteiger partial charge in [0, 0.05) is 0 Å². The number of benzene rings is 8. The van der Waals surface area contributed by atoms with Crippen LogP contribution < -0.4 is 9.47 Å². The molecule has 0 amide bonds. The van der Waals surface area contributed by atoms with Gasteiger partial charge in [0.2, 0.25) is 0 Å². The van der Waals surface area contributed by atoms with Gasteiger partial charge in [0.25, 0.3) is 0 Å². The lowest BCUT2D eigenvalue weighted by atomic mass is 9.87. The molecule has 0 bridgehead atoms. The second-order valence-electron chi connectivity index (χ2n) is 10.9. The molecule has 0 spiro atoms. The van der Waals surface area contributed by atoms with E-state index in [-0.39, 0.29) is 0 Å². The topological polar surface area (TPSA) is 18.5 Å². The monoisotopic (exact) mass is 536 g/mol. The number of hydrogen-bond donors (Lipinski definition) is 0. The fourth-order valence-corrected chi connectivity index (χ4v) is 6.47. The second-order valence-corrected chi connectivity index (χ2v) is 10.9. The van der Waals surface area contributed by atoms with Crippen molar-refractivity contribution in [1.82, 2.24) is 0 Å². The molecule has 0 saturated heterocycles. The summed E-state index contributed by atoms with van der Waals surface area (Å²) in [4.78, 5) is 0. The zero-order valence-electron chi connectivity index (χ0n) is 22.7. The highest BCUT2D eigenvalue weighted by atomic mass is 16.6. The molecule has 1 aliphatic rings. The Hall–Kier alpha value is -5.60. The predicted molar refractivity (Wildman–Crippen MR) is 173 cm³/mol. The minimum Gasteiger partial charge on any atom is -0.450 e. The van der Waals surface area contributed by atoms with E-state index in [4.69, 9.17) is 9.47 Å². The van der Waals surface area contributed by atoms with Crippen LogP contribution in [0.25, 0.3) is 65.7 Å². The summed E-state index contributed by atoms with van der Waals surface area (Å²) < 4.78 is 12.4. The van der Waals surface area contributed by atoms with E-state index in [0.717, 1.165) is 28.6 Å². The Kier molecular flexibility index (Phi) is 4.93. The molecule has 1 heterocycles. The molecule has 8 aromatic carbocycles. The molecule has 0 radical (unpaired) electrons. The Labute approximate surface area is 243 Å². The molecule has 0 atom stereocenters. The van der Waals surface area contributed by atoms with Gasteiger partial charge in [-0.2, -0.15) is 0 Å². The van der Waals surface area contributed by atoms with Crippen molar-refractivity contribution in [3.05, 3.63) is 146 Å². The van der Waals surface area contributed by atoms with Crippen molar-refractivity contribution in [3.8, 4) is 56.4 Å². The van der Waals surface area contributed by atoms with Crippen LogP contribution in [0.3, 0.4) is 0 Å². The first-order valence-corrected chi connectivity index (χ1v) is 14.3. The number of hydrogen-bond acceptors (Lipinski definition) is 2. The molecule has 2 nitrogen and oxygen atoms in total. The maximum atomic E-state index is 6.24. The van der Waals surface area contributed by atoms with Gasteiger partial charge in [-0.3, -0.25) is 0 Å². The van der Waals surface area contributed by atoms with Crippen molar-refractivity contribution < 1.29 is 9.47 Å². The summed E-state index contributed by atoms with van der Waals surface area (Å²) in [6, 6.07) is 51.5. The van der Waals surface area contributed by atoms with Gasteiger partial charge in [-0.15, -0.1) is 0 Å². The molecule has 0 N–H and O–H groups in total. The van der Waals surface area contributed by atoms with Crippen LogP contribution in [-0.4, -0.2) is 0 Å². The standard InChI is InChI=1S/C40H24O2/c1-2-6-25(7-3-1)26-10-12-27(13-11-26)31-19-14-28-17-22-34-32(20-15-29-16-21-33(31)39(28)40(29)34)30-18-23-37-38(24-30)42-36-9-5-4-8-35(36)41-37/h1-24H. The van der Waals surface area contributed by atoms with Crippen LogP contribution in [0, 0.1) is 0 Å². The van der Waals surface area contributed by atoms with E-state index in [1.807, 2.05) is 30.3 Å². The summed E-state index contributed by atoms with van der Waals surface area (Å²) in [5.41, 5.74) is 7.21. The molecule has 0 aliphatic carbocycles. The van der Waals surface area contributed by atoms with Crippen LogP contribution in [0.5, 0.6) is 23.0 Å². The number of ether oxygens (including phenoxy) is 2. The quantitative estimate of drug-likeness (QED) is 0.209. The molecule has 8 aromatic rings. The molecular weight excluding hydrogens is 512 g/mol. The highest BCUT2D eigenvalue weighted by molar-refractivity contribution is 6.27. The number of rotatable bonds is 3. The van der Waals surface area contributed by atoms with Gasteiger partial charge in [-0.1, -0.05) is 121 Å². The predicted octanol–water partition coefficient (Wildman–Crippen LogP) is 11.5. The smallest absolute Gasteiger partial charge is 0.170 e. The zero-order chi connectivity index (χ0) is 27.6. The summed E-state index contributed by atoms with van der Waals surface area (Å²) in [6.07, 6.45) is 0. The van der Waals surface area contributed by atoms with Gasteiger partial charge in [-0.25, -0.2) is 0 Å². The third-order valence-corrected chi connectivity index (χ3v) is 8.51. The Morgan fingerprint density at radius 2 is 0.786 bits per heavy atom. The number of para-hydroxylation sites is 2. The van der Waals surface area contributed by atoms with Crippen LogP contribution in [0.1, 0.15) is 0 Å². The molecule has 42 heavy (non-hydrogen) atoms. The summed E-state index contributed by atoms with van der Waals surface area (Å²) in [5, 5.41) is 7.61. The lowest BCUT2D eigenvalue weighted by Gasteiger charge is -2.21. The van der Waals surface area contributed by atoms with Crippen molar-refractivity contribution in [2.75, 3.05) is 0 Å². The van der Waals surface area contributed by atoms with Gasteiger partial charge in [0.1, 0.15) is 0 Å². The SMILES string of the molecule is c1ccc(-c2ccc(-c3ccc4ccc5c(-c6ccc7c(c6)Oc6ccccc6O7)ccc6ccc3c4c65)cc2)cc1. The van der Waals surface area contributed by atoms with Gasteiger partial charge < -0.3 is 9.47 Å². The molecule has 9 rings (SSSR count). The van der Waals surface area contributed by atoms with E-state index in [2.05, 4.69) is 115 Å². The Bertz CT molecular complexity index is 2280. The third kappa shape index (κ3) is 3.52. The average Bonchev–Trinajstić information content (AvgIpc) is 3.06. The summed E-state index contributed by atoms with van der Waals surface area (Å²) in [6.45, 7) is 0. The largest absolute Gasteiger partial charge is 0.450 e. The molecule has 2 heteroatoms. The normalized spacial score (nSPS) is 12.2. The van der Waals surface area contributed by atoms with Crippen molar-refractivity contribution in [3.63, 3.8) is 0 Å². The van der Waals surface area contributed by atoms with E-state index in [1.165, 1.54) is 60.1 Å². The van der Waals surface area contributed by atoms with Gasteiger partial charge in [0.15, 0.2) is 23.0 Å². The van der Waals surface area contributed by atoms with E-state index in [1.54, 1.807) is 0 Å². The molecule has 0 aromatic heterocycles. The van der Waals surface area contributed by atoms with E-state index < -0.39 is 0 Å². The maximum absolute atomic E-state index is 6.24. The van der Waals surface area contributed by atoms with Crippen LogP contribution in [0.2, 0.25) is 0 Å². The fourth-order valence-electron chi connectivity index (χ4n) is 6.47.